The maximum absolute atomic E-state index is 11.8. The van der Waals surface area contributed by atoms with E-state index < -0.39 is 0 Å². The quantitative estimate of drug-likeness (QED) is 0.667. The predicted octanol–water partition coefficient (Wildman–Crippen LogP) is 0.206. The number of rotatable bonds is 3. The Bertz CT molecular complexity index is 449. The number of anilines is 1. The van der Waals surface area contributed by atoms with E-state index in [4.69, 9.17) is 5.73 Å². The van der Waals surface area contributed by atoms with E-state index in [-0.39, 0.29) is 17.9 Å². The summed E-state index contributed by atoms with van der Waals surface area (Å²) in [5.74, 6) is 0.0121. The van der Waals surface area contributed by atoms with Gasteiger partial charge in [0.2, 0.25) is 11.8 Å². The molecule has 4 N–H and O–H groups in total. The van der Waals surface area contributed by atoms with Crippen LogP contribution < -0.4 is 16.4 Å². The molecule has 2 amide bonds. The predicted molar refractivity (Wildman–Crippen MR) is 68.7 cm³/mol. The van der Waals surface area contributed by atoms with Crippen LogP contribution in [-0.2, 0) is 16.0 Å². The van der Waals surface area contributed by atoms with Crippen LogP contribution in [-0.4, -0.2) is 24.4 Å². The summed E-state index contributed by atoms with van der Waals surface area (Å²) in [6.45, 7) is 0.515. The van der Waals surface area contributed by atoms with E-state index in [1.807, 2.05) is 12.1 Å². The van der Waals surface area contributed by atoms with E-state index in [2.05, 4.69) is 10.6 Å². The first-order valence-electron chi connectivity index (χ1n) is 6.04. The van der Waals surface area contributed by atoms with Gasteiger partial charge in [0.15, 0.2) is 0 Å². The van der Waals surface area contributed by atoms with Gasteiger partial charge < -0.3 is 16.4 Å². The molecule has 96 valence electrons. The third kappa shape index (κ3) is 3.48. The Morgan fingerprint density at radius 3 is 3.00 bits per heavy atom. The lowest BCUT2D eigenvalue weighted by Crippen LogP contribution is -2.48. The first-order valence-corrected chi connectivity index (χ1v) is 6.04. The van der Waals surface area contributed by atoms with Crippen LogP contribution in [0.3, 0.4) is 0 Å². The topological polar surface area (TPSA) is 84.2 Å². The number of carbonyl (C=O) groups is 2. The Morgan fingerprint density at radius 1 is 1.50 bits per heavy atom. The Hall–Kier alpha value is -2.04. The second-order valence-corrected chi connectivity index (χ2v) is 4.53. The fourth-order valence-electron chi connectivity index (χ4n) is 2.02. The van der Waals surface area contributed by atoms with Gasteiger partial charge in [0.25, 0.3) is 0 Å². The van der Waals surface area contributed by atoms with E-state index in [9.17, 15) is 9.59 Å². The summed E-state index contributed by atoms with van der Waals surface area (Å²) in [6, 6.07) is 7.33. The van der Waals surface area contributed by atoms with E-state index in [1.54, 1.807) is 12.1 Å². The van der Waals surface area contributed by atoms with E-state index in [1.165, 1.54) is 0 Å². The lowest BCUT2D eigenvalue weighted by atomic mass is 10.1. The largest absolute Gasteiger partial charge is 0.399 e. The van der Waals surface area contributed by atoms with Crippen molar-refractivity contribution in [3.05, 3.63) is 29.8 Å². The normalized spacial score (nSPS) is 19.1. The average Bonchev–Trinajstić information content (AvgIpc) is 2.32. The molecule has 0 aromatic heterocycles. The van der Waals surface area contributed by atoms with Crippen molar-refractivity contribution in [2.45, 2.75) is 25.3 Å². The number of hydrogen-bond acceptors (Lipinski definition) is 3. The molecule has 5 nitrogen and oxygen atoms in total. The van der Waals surface area contributed by atoms with Crippen LogP contribution in [0.2, 0.25) is 0 Å². The van der Waals surface area contributed by atoms with Gasteiger partial charge in [-0.15, -0.1) is 0 Å². The third-order valence-corrected chi connectivity index (χ3v) is 2.95. The summed E-state index contributed by atoms with van der Waals surface area (Å²) in [6.07, 6.45) is 1.49. The van der Waals surface area contributed by atoms with E-state index in [0.717, 1.165) is 5.56 Å². The molecule has 0 saturated carbocycles. The molecule has 0 bridgehead atoms. The number of nitrogen functional groups attached to an aromatic ring is 1. The molecule has 5 heteroatoms. The smallest absolute Gasteiger partial charge is 0.224 e. The molecule has 0 aliphatic carbocycles. The van der Waals surface area contributed by atoms with Gasteiger partial charge in [-0.2, -0.15) is 0 Å². The number of hydrogen-bond donors (Lipinski definition) is 3. The highest BCUT2D eigenvalue weighted by Crippen LogP contribution is 2.08. The zero-order valence-electron chi connectivity index (χ0n) is 10.1. The number of piperidine rings is 1. The van der Waals surface area contributed by atoms with E-state index in [0.29, 0.717) is 31.5 Å². The van der Waals surface area contributed by atoms with Crippen LogP contribution in [0.1, 0.15) is 18.4 Å². The molecule has 0 spiro atoms. The lowest BCUT2D eigenvalue weighted by Gasteiger charge is -2.23. The van der Waals surface area contributed by atoms with Gasteiger partial charge in [-0.3, -0.25) is 9.59 Å². The summed E-state index contributed by atoms with van der Waals surface area (Å²) in [5.41, 5.74) is 7.21. The minimum absolute atomic E-state index is 0.0382. The lowest BCUT2D eigenvalue weighted by molar-refractivity contribution is -0.125. The molecule has 1 saturated heterocycles. The zero-order chi connectivity index (χ0) is 13.0. The fourth-order valence-corrected chi connectivity index (χ4v) is 2.02. The van der Waals surface area contributed by atoms with E-state index >= 15 is 0 Å². The first-order chi connectivity index (χ1) is 8.63. The van der Waals surface area contributed by atoms with Crippen LogP contribution in [0.25, 0.3) is 0 Å². The molecule has 2 rings (SSSR count). The Kier molecular flexibility index (Phi) is 3.82. The molecule has 0 radical (unpaired) electrons. The van der Waals surface area contributed by atoms with Crippen molar-refractivity contribution in [2.24, 2.45) is 0 Å². The van der Waals surface area contributed by atoms with Crippen molar-refractivity contribution < 1.29 is 9.59 Å². The number of nitrogens with two attached hydrogens (primary N) is 1. The van der Waals surface area contributed by atoms with Gasteiger partial charge in [-0.25, -0.2) is 0 Å². The number of nitrogens with one attached hydrogen (secondary N) is 2. The Morgan fingerprint density at radius 2 is 2.33 bits per heavy atom. The molecule has 1 aliphatic rings. The maximum Gasteiger partial charge on any atom is 0.224 e. The van der Waals surface area contributed by atoms with Gasteiger partial charge in [-0.1, -0.05) is 12.1 Å². The van der Waals surface area contributed by atoms with Crippen molar-refractivity contribution in [1.29, 1.82) is 0 Å². The summed E-state index contributed by atoms with van der Waals surface area (Å²) in [7, 11) is 0. The summed E-state index contributed by atoms with van der Waals surface area (Å²) in [4.78, 5) is 22.8. The molecule has 1 unspecified atom stereocenters. The molecular weight excluding hydrogens is 230 g/mol. The molecule has 1 aromatic rings. The fraction of sp³-hybridized carbons (Fsp3) is 0.385. The third-order valence-electron chi connectivity index (χ3n) is 2.95. The first kappa shape index (κ1) is 12.4. The van der Waals surface area contributed by atoms with Crippen molar-refractivity contribution in [3.63, 3.8) is 0 Å². The summed E-state index contributed by atoms with van der Waals surface area (Å²) < 4.78 is 0. The average molecular weight is 247 g/mol. The zero-order valence-corrected chi connectivity index (χ0v) is 10.1. The number of amides is 2. The van der Waals surface area contributed by atoms with Crippen LogP contribution >= 0.6 is 0 Å². The molecule has 1 aliphatic heterocycles. The number of benzene rings is 1. The van der Waals surface area contributed by atoms with Crippen molar-refractivity contribution >= 4 is 17.5 Å². The molecule has 18 heavy (non-hydrogen) atoms. The summed E-state index contributed by atoms with van der Waals surface area (Å²) in [5, 5.41) is 5.65. The van der Waals surface area contributed by atoms with Crippen molar-refractivity contribution in [1.82, 2.24) is 10.6 Å². The molecule has 1 aromatic carbocycles. The standard InChI is InChI=1S/C13H17N3O2/c14-10-3-1-2-9(6-10)7-13(18)16-11-4-5-12(17)15-8-11/h1-3,6,11H,4-5,7-8,14H2,(H,15,17)(H,16,18). The summed E-state index contributed by atoms with van der Waals surface area (Å²) >= 11 is 0. The Balaban J connectivity index is 1.83. The second kappa shape index (κ2) is 5.53. The van der Waals surface area contributed by atoms with Crippen LogP contribution in [0.5, 0.6) is 0 Å². The van der Waals surface area contributed by atoms with Gasteiger partial charge in [0.1, 0.15) is 0 Å². The maximum atomic E-state index is 11.8. The molecule has 1 fully saturated rings. The highest BCUT2D eigenvalue weighted by Gasteiger charge is 2.19. The van der Waals surface area contributed by atoms with Crippen molar-refractivity contribution in [2.75, 3.05) is 12.3 Å². The second-order valence-electron chi connectivity index (χ2n) is 4.53. The Labute approximate surface area is 106 Å². The van der Waals surface area contributed by atoms with Crippen LogP contribution in [0.4, 0.5) is 5.69 Å². The van der Waals surface area contributed by atoms with Gasteiger partial charge in [0.05, 0.1) is 6.42 Å². The highest BCUT2D eigenvalue weighted by atomic mass is 16.2. The van der Waals surface area contributed by atoms with Gasteiger partial charge >= 0.3 is 0 Å². The van der Waals surface area contributed by atoms with Crippen LogP contribution in [0, 0.1) is 0 Å². The molecule has 1 heterocycles. The number of carbonyl (C=O) groups excluding carboxylic acids is 2. The van der Waals surface area contributed by atoms with Crippen molar-refractivity contribution in [3.8, 4) is 0 Å². The van der Waals surface area contributed by atoms with Crippen LogP contribution in [0.15, 0.2) is 24.3 Å². The van der Waals surface area contributed by atoms with Gasteiger partial charge in [-0.05, 0) is 24.1 Å². The highest BCUT2D eigenvalue weighted by molar-refractivity contribution is 5.80. The molecule has 1 atom stereocenters. The minimum Gasteiger partial charge on any atom is -0.399 e. The molecular formula is C13H17N3O2. The SMILES string of the molecule is Nc1cccc(CC(=O)NC2CCC(=O)NC2)c1. The monoisotopic (exact) mass is 247 g/mol. The van der Waals surface area contributed by atoms with Gasteiger partial charge in [0, 0.05) is 24.7 Å². The minimum atomic E-state index is -0.0400.